The number of hydrogen-bond acceptors (Lipinski definition) is 4. The van der Waals surface area contributed by atoms with Gasteiger partial charge in [-0.15, -0.1) is 0 Å². The van der Waals surface area contributed by atoms with Gasteiger partial charge >= 0.3 is 5.97 Å². The first kappa shape index (κ1) is 10.2. The summed E-state index contributed by atoms with van der Waals surface area (Å²) in [5.74, 6) is 3.70. The van der Waals surface area contributed by atoms with Crippen LogP contribution >= 0.6 is 0 Å². The number of nitrogens with zero attached hydrogens (tertiary/aromatic N) is 1. The zero-order valence-corrected chi connectivity index (χ0v) is 7.53. The van der Waals surface area contributed by atoms with Crippen molar-refractivity contribution in [1.29, 1.82) is 0 Å². The number of hydrogen-bond donors (Lipinski definition) is 1. The van der Waals surface area contributed by atoms with E-state index in [2.05, 4.69) is 9.84 Å². The van der Waals surface area contributed by atoms with Crippen molar-refractivity contribution < 1.29 is 13.9 Å². The first-order valence-electron chi connectivity index (χ1n) is 3.80. The third kappa shape index (κ3) is 1.87. The van der Waals surface area contributed by atoms with Crippen LogP contribution in [0.4, 0.5) is 4.39 Å². The van der Waals surface area contributed by atoms with Crippen LogP contribution in [0, 0.1) is 5.82 Å². The summed E-state index contributed by atoms with van der Waals surface area (Å²) in [4.78, 5) is 11.2. The second-order valence-electron chi connectivity index (χ2n) is 2.47. The van der Waals surface area contributed by atoms with Gasteiger partial charge in [-0.25, -0.2) is 9.18 Å². The fourth-order valence-corrected chi connectivity index (χ4v) is 1.03. The first-order valence-corrected chi connectivity index (χ1v) is 3.80. The summed E-state index contributed by atoms with van der Waals surface area (Å²) in [6.45, 7) is 0. The fraction of sp³-hybridized carbons (Fsp3) is 0.111. The number of esters is 1. The molecule has 1 aromatic rings. The molecule has 0 spiro atoms. The summed E-state index contributed by atoms with van der Waals surface area (Å²) in [5.41, 5.74) is 0.128. The van der Waals surface area contributed by atoms with Gasteiger partial charge < -0.3 is 10.6 Å². The minimum Gasteiger partial charge on any atom is -0.465 e. The van der Waals surface area contributed by atoms with Crippen molar-refractivity contribution >= 4 is 12.2 Å². The summed E-state index contributed by atoms with van der Waals surface area (Å²) in [6.07, 6.45) is 1.07. The van der Waals surface area contributed by atoms with Crippen molar-refractivity contribution in [3.63, 3.8) is 0 Å². The van der Waals surface area contributed by atoms with Gasteiger partial charge in [0, 0.05) is 5.56 Å². The molecule has 0 saturated carbocycles. The highest BCUT2D eigenvalue weighted by atomic mass is 19.1. The van der Waals surface area contributed by atoms with Crippen LogP contribution in [0.5, 0.6) is 0 Å². The van der Waals surface area contributed by atoms with Crippen LogP contribution in [0.25, 0.3) is 0 Å². The number of methoxy groups -OCH3 is 1. The van der Waals surface area contributed by atoms with Gasteiger partial charge in [0.1, 0.15) is 5.82 Å². The third-order valence-corrected chi connectivity index (χ3v) is 1.66. The summed E-state index contributed by atoms with van der Waals surface area (Å²) in [5, 5.41) is 3.17. The molecule has 0 unspecified atom stereocenters. The van der Waals surface area contributed by atoms with Crippen LogP contribution in [-0.2, 0) is 4.74 Å². The molecule has 0 fully saturated rings. The van der Waals surface area contributed by atoms with E-state index in [1.165, 1.54) is 25.3 Å². The second-order valence-corrected chi connectivity index (χ2v) is 2.47. The quantitative estimate of drug-likeness (QED) is 0.331. The van der Waals surface area contributed by atoms with Gasteiger partial charge in [-0.3, -0.25) is 0 Å². The fourth-order valence-electron chi connectivity index (χ4n) is 1.03. The molecule has 0 bridgehead atoms. The van der Waals surface area contributed by atoms with Gasteiger partial charge in [-0.1, -0.05) is 6.07 Å². The lowest BCUT2D eigenvalue weighted by Gasteiger charge is -2.03. The number of benzene rings is 1. The lowest BCUT2D eigenvalue weighted by molar-refractivity contribution is 0.0600. The Hall–Kier alpha value is -1.91. The van der Waals surface area contributed by atoms with Crippen LogP contribution in [0.2, 0.25) is 0 Å². The van der Waals surface area contributed by atoms with Crippen LogP contribution in [-0.4, -0.2) is 19.3 Å². The van der Waals surface area contributed by atoms with Crippen molar-refractivity contribution in [2.24, 2.45) is 10.9 Å². The standard InChI is InChI=1S/C9H9FN2O2/c1-14-9(13)6-3-2-4-8(10)7(6)5-12-11/h2-5H,11H2,1H3. The highest BCUT2D eigenvalue weighted by Crippen LogP contribution is 2.12. The predicted octanol–water partition coefficient (Wildman–Crippen LogP) is 0.905. The average Bonchev–Trinajstić information content (AvgIpc) is 2.20. The molecule has 1 aromatic carbocycles. The number of halogens is 1. The molecule has 0 amide bonds. The summed E-state index contributed by atoms with van der Waals surface area (Å²) in [7, 11) is 1.22. The molecule has 0 aliphatic heterocycles. The van der Waals surface area contributed by atoms with Crippen molar-refractivity contribution in [2.75, 3.05) is 7.11 Å². The number of carbonyl (C=O) groups is 1. The van der Waals surface area contributed by atoms with Crippen LogP contribution in [0.3, 0.4) is 0 Å². The smallest absolute Gasteiger partial charge is 0.338 e. The Labute approximate surface area is 80.2 Å². The molecule has 5 heteroatoms. The zero-order valence-electron chi connectivity index (χ0n) is 7.53. The summed E-state index contributed by atoms with van der Waals surface area (Å²) < 4.78 is 17.6. The SMILES string of the molecule is COC(=O)c1cccc(F)c1C=NN. The van der Waals surface area contributed by atoms with E-state index in [0.717, 1.165) is 6.21 Å². The van der Waals surface area contributed by atoms with E-state index in [9.17, 15) is 9.18 Å². The highest BCUT2D eigenvalue weighted by molar-refractivity contribution is 5.99. The highest BCUT2D eigenvalue weighted by Gasteiger charge is 2.13. The molecule has 0 atom stereocenters. The second kappa shape index (κ2) is 4.36. The normalized spacial score (nSPS) is 10.4. The largest absolute Gasteiger partial charge is 0.465 e. The van der Waals surface area contributed by atoms with Gasteiger partial charge in [-0.05, 0) is 12.1 Å². The molecule has 0 saturated heterocycles. The molecule has 0 radical (unpaired) electrons. The molecule has 0 aromatic heterocycles. The minimum absolute atomic E-state index is 0.0295. The minimum atomic E-state index is -0.626. The Balaban J connectivity index is 3.27. The number of ether oxygens (including phenoxy) is 1. The van der Waals surface area contributed by atoms with Crippen LogP contribution < -0.4 is 5.84 Å². The predicted molar refractivity (Wildman–Crippen MR) is 49.5 cm³/mol. The monoisotopic (exact) mass is 196 g/mol. The molecule has 14 heavy (non-hydrogen) atoms. The van der Waals surface area contributed by atoms with E-state index in [1.54, 1.807) is 0 Å². The number of nitrogens with two attached hydrogens (primary N) is 1. The van der Waals surface area contributed by atoms with Crippen LogP contribution in [0.15, 0.2) is 23.3 Å². The van der Waals surface area contributed by atoms with Crippen molar-refractivity contribution in [2.45, 2.75) is 0 Å². The van der Waals surface area contributed by atoms with E-state index >= 15 is 0 Å². The summed E-state index contributed by atoms with van der Waals surface area (Å²) >= 11 is 0. The lowest BCUT2D eigenvalue weighted by atomic mass is 10.1. The Kier molecular flexibility index (Phi) is 3.17. The van der Waals surface area contributed by atoms with Gasteiger partial charge in [0.2, 0.25) is 0 Å². The molecule has 4 nitrogen and oxygen atoms in total. The maximum absolute atomic E-state index is 13.2. The maximum atomic E-state index is 13.2. The van der Waals surface area contributed by atoms with E-state index in [1.807, 2.05) is 0 Å². The van der Waals surface area contributed by atoms with Gasteiger partial charge in [-0.2, -0.15) is 5.10 Å². The van der Waals surface area contributed by atoms with Gasteiger partial charge in [0.05, 0.1) is 18.9 Å². The molecule has 0 heterocycles. The van der Waals surface area contributed by atoms with E-state index in [0.29, 0.717) is 0 Å². The topological polar surface area (TPSA) is 64.7 Å². The first-order chi connectivity index (χ1) is 6.70. The van der Waals surface area contributed by atoms with Gasteiger partial charge in [0.15, 0.2) is 0 Å². The third-order valence-electron chi connectivity index (χ3n) is 1.66. The van der Waals surface area contributed by atoms with Crippen molar-refractivity contribution in [3.8, 4) is 0 Å². The molecule has 0 aliphatic rings. The average molecular weight is 196 g/mol. The molecule has 74 valence electrons. The van der Waals surface area contributed by atoms with Crippen LogP contribution in [0.1, 0.15) is 15.9 Å². The Morgan fingerprint density at radius 3 is 2.93 bits per heavy atom. The Bertz CT molecular complexity index is 377. The summed E-state index contributed by atoms with van der Waals surface area (Å²) in [6, 6.07) is 4.06. The molecule has 2 N–H and O–H groups in total. The van der Waals surface area contributed by atoms with Crippen molar-refractivity contribution in [3.05, 3.63) is 35.1 Å². The van der Waals surface area contributed by atoms with E-state index in [4.69, 9.17) is 5.84 Å². The lowest BCUT2D eigenvalue weighted by Crippen LogP contribution is -2.07. The molecule has 1 rings (SSSR count). The van der Waals surface area contributed by atoms with E-state index in [-0.39, 0.29) is 11.1 Å². The molecule has 0 aliphatic carbocycles. The number of carbonyl (C=O) groups excluding carboxylic acids is 1. The Morgan fingerprint density at radius 1 is 1.64 bits per heavy atom. The van der Waals surface area contributed by atoms with E-state index < -0.39 is 11.8 Å². The number of hydrazone groups is 1. The number of rotatable bonds is 2. The Morgan fingerprint density at radius 2 is 2.36 bits per heavy atom. The molecular formula is C9H9FN2O2. The zero-order chi connectivity index (χ0) is 10.6. The molecular weight excluding hydrogens is 187 g/mol. The van der Waals surface area contributed by atoms with Gasteiger partial charge in [0.25, 0.3) is 0 Å². The van der Waals surface area contributed by atoms with Crippen molar-refractivity contribution in [1.82, 2.24) is 0 Å². The maximum Gasteiger partial charge on any atom is 0.338 e.